The third-order valence-corrected chi connectivity index (χ3v) is 5.36. The van der Waals surface area contributed by atoms with E-state index in [9.17, 15) is 0 Å². The van der Waals surface area contributed by atoms with E-state index in [1.54, 1.807) is 7.11 Å². The molecule has 0 bridgehead atoms. The molecule has 0 saturated carbocycles. The molecule has 29 heavy (non-hydrogen) atoms. The third-order valence-electron chi connectivity index (χ3n) is 5.36. The van der Waals surface area contributed by atoms with Gasteiger partial charge in [-0.3, -0.25) is 0 Å². The Morgan fingerprint density at radius 3 is 2.48 bits per heavy atom. The molecule has 5 nitrogen and oxygen atoms in total. The summed E-state index contributed by atoms with van der Waals surface area (Å²) < 4.78 is 11.5. The zero-order valence-electron chi connectivity index (χ0n) is 17.2. The van der Waals surface area contributed by atoms with Gasteiger partial charge in [0.05, 0.1) is 25.1 Å². The van der Waals surface area contributed by atoms with Crippen molar-refractivity contribution in [2.24, 2.45) is 0 Å². The fourth-order valence-electron chi connectivity index (χ4n) is 3.66. The molecule has 150 valence electrons. The highest BCUT2D eigenvalue weighted by molar-refractivity contribution is 5.77. The van der Waals surface area contributed by atoms with Gasteiger partial charge in [-0.15, -0.1) is 0 Å². The molecule has 0 radical (unpaired) electrons. The molecule has 0 aliphatic carbocycles. The van der Waals surface area contributed by atoms with Gasteiger partial charge in [-0.05, 0) is 30.7 Å². The minimum absolute atomic E-state index is 0.0472. The lowest BCUT2D eigenvalue weighted by molar-refractivity contribution is 0.0398. The summed E-state index contributed by atoms with van der Waals surface area (Å²) >= 11 is 0. The number of rotatable bonds is 5. The van der Waals surface area contributed by atoms with Gasteiger partial charge in [0.2, 0.25) is 5.88 Å². The van der Waals surface area contributed by atoms with Crippen molar-refractivity contribution in [2.75, 3.05) is 44.1 Å². The first-order chi connectivity index (χ1) is 14.2. The number of hydrogen-bond acceptors (Lipinski definition) is 5. The van der Waals surface area contributed by atoms with Gasteiger partial charge < -0.3 is 19.7 Å². The number of hydrogen-bond donors (Lipinski definition) is 1. The summed E-state index contributed by atoms with van der Waals surface area (Å²) in [5.74, 6) is 0.616. The van der Waals surface area contributed by atoms with E-state index in [1.165, 1.54) is 11.1 Å². The van der Waals surface area contributed by atoms with Crippen LogP contribution in [0, 0.1) is 6.92 Å². The van der Waals surface area contributed by atoms with Crippen LogP contribution in [-0.4, -0.2) is 38.8 Å². The van der Waals surface area contributed by atoms with Crippen LogP contribution >= 0.6 is 0 Å². The van der Waals surface area contributed by atoms with Crippen LogP contribution in [0.1, 0.15) is 17.2 Å². The van der Waals surface area contributed by atoms with E-state index < -0.39 is 0 Å². The highest BCUT2D eigenvalue weighted by atomic mass is 16.5. The van der Waals surface area contributed by atoms with E-state index in [0.29, 0.717) is 12.5 Å². The fraction of sp³-hybridized carbons (Fsp3) is 0.292. The third kappa shape index (κ3) is 4.20. The number of pyridine rings is 1. The van der Waals surface area contributed by atoms with Gasteiger partial charge >= 0.3 is 0 Å². The smallest absolute Gasteiger partial charge is 0.213 e. The summed E-state index contributed by atoms with van der Waals surface area (Å²) in [7, 11) is 3.57. The van der Waals surface area contributed by atoms with Gasteiger partial charge in [0, 0.05) is 37.5 Å². The van der Waals surface area contributed by atoms with Crippen molar-refractivity contribution >= 4 is 11.4 Å². The van der Waals surface area contributed by atoms with E-state index in [2.05, 4.69) is 71.7 Å². The first kappa shape index (κ1) is 19.3. The Hall–Kier alpha value is -3.05. The lowest BCUT2D eigenvalue weighted by atomic mass is 10.0. The molecule has 1 aliphatic rings. The summed E-state index contributed by atoms with van der Waals surface area (Å²) in [6.07, 6.45) is 0.0472. The molecule has 5 heteroatoms. The van der Waals surface area contributed by atoms with Crippen molar-refractivity contribution in [3.8, 4) is 17.1 Å². The molecule has 4 rings (SSSR count). The van der Waals surface area contributed by atoms with Gasteiger partial charge in [-0.2, -0.15) is 0 Å². The average molecular weight is 389 g/mol. The number of aryl methyl sites for hydroxylation is 1. The molecule has 0 amide bonds. The second kappa shape index (κ2) is 8.53. The topological polar surface area (TPSA) is 46.6 Å². The van der Waals surface area contributed by atoms with Crippen molar-refractivity contribution in [2.45, 2.75) is 13.0 Å². The molecular weight excluding hydrogens is 362 g/mol. The van der Waals surface area contributed by atoms with E-state index in [1.807, 2.05) is 13.1 Å². The maximum absolute atomic E-state index is 6.08. The Morgan fingerprint density at radius 1 is 1.03 bits per heavy atom. The number of nitrogens with one attached hydrogen (secondary N) is 1. The van der Waals surface area contributed by atoms with Crippen LogP contribution in [0.2, 0.25) is 0 Å². The first-order valence-electron chi connectivity index (χ1n) is 9.94. The van der Waals surface area contributed by atoms with E-state index in [4.69, 9.17) is 14.5 Å². The molecule has 1 atom stereocenters. The zero-order chi connectivity index (χ0) is 20.2. The molecule has 3 aromatic rings. The molecule has 2 heterocycles. The van der Waals surface area contributed by atoms with Crippen LogP contribution in [0.25, 0.3) is 11.3 Å². The lowest BCUT2D eigenvalue weighted by Crippen LogP contribution is -2.38. The number of anilines is 2. The molecule has 1 N–H and O–H groups in total. The second-order valence-electron chi connectivity index (χ2n) is 7.26. The summed E-state index contributed by atoms with van der Waals surface area (Å²) in [5.41, 5.74) is 6.63. The van der Waals surface area contributed by atoms with Gasteiger partial charge in [0.1, 0.15) is 6.10 Å². The van der Waals surface area contributed by atoms with Crippen LogP contribution < -0.4 is 15.0 Å². The largest absolute Gasteiger partial charge is 0.481 e. The second-order valence-corrected chi connectivity index (χ2v) is 7.26. The van der Waals surface area contributed by atoms with Gasteiger partial charge in [-0.1, -0.05) is 42.0 Å². The van der Waals surface area contributed by atoms with Crippen molar-refractivity contribution in [1.82, 2.24) is 4.98 Å². The monoisotopic (exact) mass is 389 g/mol. The molecule has 1 fully saturated rings. The van der Waals surface area contributed by atoms with Gasteiger partial charge in [0.15, 0.2) is 0 Å². The summed E-state index contributed by atoms with van der Waals surface area (Å²) in [5, 5.41) is 3.16. The molecule has 1 saturated heterocycles. The summed E-state index contributed by atoms with van der Waals surface area (Å²) in [4.78, 5) is 7.14. The van der Waals surface area contributed by atoms with E-state index in [-0.39, 0.29) is 6.10 Å². The van der Waals surface area contributed by atoms with E-state index in [0.717, 1.165) is 35.7 Å². The fourth-order valence-corrected chi connectivity index (χ4v) is 3.66. The van der Waals surface area contributed by atoms with Crippen LogP contribution in [-0.2, 0) is 4.74 Å². The SMILES string of the molecule is CNc1ccc(-c2nc(OC)ccc2N2CCOC(c3ccc(C)cc3)C2)cc1. The number of benzene rings is 2. The quantitative estimate of drug-likeness (QED) is 0.686. The standard InChI is InChI=1S/C24H27N3O2/c1-17-4-6-18(7-5-17)22-16-27(14-15-29-22)21-12-13-23(28-3)26-24(21)19-8-10-20(25-2)11-9-19/h4-13,22,25H,14-16H2,1-3H3. The minimum atomic E-state index is 0.0472. The average Bonchev–Trinajstić information content (AvgIpc) is 2.79. The Kier molecular flexibility index (Phi) is 5.67. The molecular formula is C24H27N3O2. The highest BCUT2D eigenvalue weighted by Gasteiger charge is 2.25. The molecule has 1 unspecified atom stereocenters. The maximum atomic E-state index is 6.08. The molecule has 0 spiro atoms. The van der Waals surface area contributed by atoms with Gasteiger partial charge in [0.25, 0.3) is 0 Å². The van der Waals surface area contributed by atoms with Crippen molar-refractivity contribution in [3.63, 3.8) is 0 Å². The normalized spacial score (nSPS) is 16.5. The highest BCUT2D eigenvalue weighted by Crippen LogP contribution is 2.34. The Labute approximate surface area is 172 Å². The summed E-state index contributed by atoms with van der Waals surface area (Å²) in [6, 6.07) is 20.9. The predicted molar refractivity (Wildman–Crippen MR) is 118 cm³/mol. The number of morpholine rings is 1. The van der Waals surface area contributed by atoms with Gasteiger partial charge in [-0.25, -0.2) is 4.98 Å². The number of aromatic nitrogens is 1. The predicted octanol–water partition coefficient (Wildman–Crippen LogP) is 4.69. The van der Waals surface area contributed by atoms with Crippen LogP contribution in [0.4, 0.5) is 11.4 Å². The van der Waals surface area contributed by atoms with Crippen molar-refractivity contribution in [1.29, 1.82) is 0 Å². The number of ether oxygens (including phenoxy) is 2. The van der Waals surface area contributed by atoms with Crippen molar-refractivity contribution in [3.05, 3.63) is 71.8 Å². The van der Waals surface area contributed by atoms with E-state index >= 15 is 0 Å². The first-order valence-corrected chi connectivity index (χ1v) is 9.94. The lowest BCUT2D eigenvalue weighted by Gasteiger charge is -2.35. The number of methoxy groups -OCH3 is 1. The van der Waals surface area contributed by atoms with Crippen LogP contribution in [0.5, 0.6) is 5.88 Å². The van der Waals surface area contributed by atoms with Crippen molar-refractivity contribution < 1.29 is 9.47 Å². The Bertz CT molecular complexity index is 955. The molecule has 1 aliphatic heterocycles. The van der Waals surface area contributed by atoms with Crippen LogP contribution in [0.3, 0.4) is 0 Å². The maximum Gasteiger partial charge on any atom is 0.213 e. The number of nitrogens with zero attached hydrogens (tertiary/aromatic N) is 2. The zero-order valence-corrected chi connectivity index (χ0v) is 17.2. The minimum Gasteiger partial charge on any atom is -0.481 e. The molecule has 1 aromatic heterocycles. The van der Waals surface area contributed by atoms with Crippen LogP contribution in [0.15, 0.2) is 60.7 Å². The molecule has 2 aromatic carbocycles. The Balaban J connectivity index is 1.66. The summed E-state index contributed by atoms with van der Waals surface area (Å²) in [6.45, 7) is 4.41. The Morgan fingerprint density at radius 2 is 1.79 bits per heavy atom.